The number of carbonyl (C=O) groups is 2. The van der Waals surface area contributed by atoms with Crippen LogP contribution in [0.2, 0.25) is 0 Å². The van der Waals surface area contributed by atoms with Gasteiger partial charge in [-0.15, -0.1) is 11.3 Å². The number of ether oxygens (including phenoxy) is 2. The fourth-order valence-electron chi connectivity index (χ4n) is 4.52. The molecule has 3 aromatic rings. The van der Waals surface area contributed by atoms with E-state index in [0.29, 0.717) is 22.0 Å². The van der Waals surface area contributed by atoms with Crippen molar-refractivity contribution < 1.29 is 19.1 Å². The molecule has 3 atom stereocenters. The van der Waals surface area contributed by atoms with Gasteiger partial charge in [0.05, 0.1) is 48.6 Å². The Morgan fingerprint density at radius 3 is 2.39 bits per heavy atom. The van der Waals surface area contributed by atoms with Gasteiger partial charge in [0.25, 0.3) is 0 Å². The number of nitrogens with one attached hydrogen (secondary N) is 1. The molecule has 1 aromatic carbocycles. The molecule has 1 N–H and O–H groups in total. The standard InChI is InChI=1S/C25H25N3O4S/c1-15-19(23(29)31-3)20(22-27-18(14-33-22)17-12-8-9-13-26-17)21(24(30)32-4)25(2,28-15)16-10-6-5-7-11-16/h5-14,20-21,28H,1-4H3. The van der Waals surface area contributed by atoms with E-state index in [1.807, 2.05) is 67.8 Å². The molecule has 1 aliphatic heterocycles. The van der Waals surface area contributed by atoms with Gasteiger partial charge in [-0.3, -0.25) is 9.78 Å². The Morgan fingerprint density at radius 2 is 1.76 bits per heavy atom. The number of allylic oxidation sites excluding steroid dienone is 1. The average molecular weight is 464 g/mol. The lowest BCUT2D eigenvalue weighted by Gasteiger charge is -2.46. The lowest BCUT2D eigenvalue weighted by atomic mass is 9.67. The maximum absolute atomic E-state index is 13.3. The Bertz CT molecular complexity index is 1190. The molecular formula is C25H25N3O4S. The fourth-order valence-corrected chi connectivity index (χ4v) is 5.48. The minimum absolute atomic E-state index is 0.364. The van der Waals surface area contributed by atoms with Crippen LogP contribution in [0, 0.1) is 5.92 Å². The van der Waals surface area contributed by atoms with Crippen LogP contribution in [0.1, 0.15) is 30.3 Å². The van der Waals surface area contributed by atoms with E-state index in [9.17, 15) is 9.59 Å². The molecule has 33 heavy (non-hydrogen) atoms. The summed E-state index contributed by atoms with van der Waals surface area (Å²) in [5.74, 6) is -2.39. The quantitative estimate of drug-likeness (QED) is 0.571. The van der Waals surface area contributed by atoms with E-state index < -0.39 is 29.3 Å². The molecule has 0 fully saturated rings. The second-order valence-electron chi connectivity index (χ2n) is 7.99. The topological polar surface area (TPSA) is 90.4 Å². The molecule has 3 heterocycles. The molecule has 0 saturated carbocycles. The van der Waals surface area contributed by atoms with Gasteiger partial charge in [0, 0.05) is 17.3 Å². The summed E-state index contributed by atoms with van der Waals surface area (Å²) in [7, 11) is 2.69. The van der Waals surface area contributed by atoms with E-state index in [4.69, 9.17) is 14.5 Å². The molecule has 7 nitrogen and oxygen atoms in total. The lowest BCUT2D eigenvalue weighted by molar-refractivity contribution is -0.150. The molecule has 2 aromatic heterocycles. The van der Waals surface area contributed by atoms with E-state index in [1.165, 1.54) is 25.6 Å². The normalized spacial score (nSPS) is 22.4. The lowest BCUT2D eigenvalue weighted by Crippen LogP contribution is -2.55. The van der Waals surface area contributed by atoms with Crippen molar-refractivity contribution in [1.29, 1.82) is 0 Å². The fraction of sp³-hybridized carbons (Fsp3) is 0.280. The molecular weight excluding hydrogens is 438 g/mol. The number of pyridine rings is 1. The zero-order chi connectivity index (χ0) is 23.6. The maximum Gasteiger partial charge on any atom is 0.336 e. The Kier molecular flexibility index (Phi) is 6.29. The van der Waals surface area contributed by atoms with E-state index in [-0.39, 0.29) is 0 Å². The van der Waals surface area contributed by atoms with Crippen LogP contribution in [-0.2, 0) is 24.6 Å². The van der Waals surface area contributed by atoms with Crippen molar-refractivity contribution in [3.8, 4) is 11.4 Å². The number of carbonyl (C=O) groups excluding carboxylic acids is 2. The molecule has 170 valence electrons. The monoisotopic (exact) mass is 463 g/mol. The minimum Gasteiger partial charge on any atom is -0.469 e. The van der Waals surface area contributed by atoms with E-state index in [2.05, 4.69) is 10.3 Å². The summed E-state index contributed by atoms with van der Waals surface area (Å²) in [4.78, 5) is 35.4. The van der Waals surface area contributed by atoms with Gasteiger partial charge in [-0.25, -0.2) is 9.78 Å². The van der Waals surface area contributed by atoms with Gasteiger partial charge >= 0.3 is 11.9 Å². The highest BCUT2D eigenvalue weighted by Crippen LogP contribution is 2.49. The van der Waals surface area contributed by atoms with Crippen molar-refractivity contribution >= 4 is 23.3 Å². The molecule has 0 amide bonds. The van der Waals surface area contributed by atoms with Gasteiger partial charge in [0.15, 0.2) is 0 Å². The SMILES string of the molecule is COC(=O)C1=C(C)NC(C)(c2ccccc2)C(C(=O)OC)C1c1nc(-c2ccccn2)cs1. The highest BCUT2D eigenvalue weighted by atomic mass is 32.1. The highest BCUT2D eigenvalue weighted by Gasteiger charge is 2.54. The molecule has 4 rings (SSSR count). The minimum atomic E-state index is -0.850. The van der Waals surface area contributed by atoms with Crippen molar-refractivity contribution in [1.82, 2.24) is 15.3 Å². The summed E-state index contributed by atoms with van der Waals surface area (Å²) in [5, 5.41) is 5.93. The van der Waals surface area contributed by atoms with Gasteiger partial charge < -0.3 is 14.8 Å². The molecule has 0 aliphatic carbocycles. The third kappa shape index (κ3) is 4.02. The van der Waals surface area contributed by atoms with Crippen molar-refractivity contribution in [2.24, 2.45) is 5.92 Å². The predicted molar refractivity (Wildman–Crippen MR) is 125 cm³/mol. The first-order chi connectivity index (χ1) is 15.9. The first-order valence-electron chi connectivity index (χ1n) is 10.5. The van der Waals surface area contributed by atoms with Crippen LogP contribution in [0.3, 0.4) is 0 Å². The number of benzene rings is 1. The smallest absolute Gasteiger partial charge is 0.336 e. The molecule has 3 unspecified atom stereocenters. The van der Waals surface area contributed by atoms with E-state index >= 15 is 0 Å². The van der Waals surface area contributed by atoms with Crippen LogP contribution >= 0.6 is 11.3 Å². The third-order valence-corrected chi connectivity index (χ3v) is 6.99. The molecule has 0 bridgehead atoms. The molecule has 0 saturated heterocycles. The molecule has 8 heteroatoms. The molecule has 0 spiro atoms. The van der Waals surface area contributed by atoms with Crippen molar-refractivity contribution in [2.75, 3.05) is 14.2 Å². The van der Waals surface area contributed by atoms with Gasteiger partial charge in [-0.2, -0.15) is 0 Å². The van der Waals surface area contributed by atoms with Crippen LogP contribution in [0.15, 0.2) is 71.4 Å². The van der Waals surface area contributed by atoms with Gasteiger partial charge in [0.2, 0.25) is 0 Å². The van der Waals surface area contributed by atoms with Crippen molar-refractivity contribution in [3.63, 3.8) is 0 Å². The van der Waals surface area contributed by atoms with Gasteiger partial charge in [-0.1, -0.05) is 36.4 Å². The first-order valence-corrected chi connectivity index (χ1v) is 11.4. The number of hydrogen-bond donors (Lipinski definition) is 1. The van der Waals surface area contributed by atoms with Crippen LogP contribution < -0.4 is 5.32 Å². The van der Waals surface area contributed by atoms with Gasteiger partial charge in [0.1, 0.15) is 5.01 Å². The summed E-state index contributed by atoms with van der Waals surface area (Å²) >= 11 is 1.38. The van der Waals surface area contributed by atoms with E-state index in [1.54, 1.807) is 6.20 Å². The van der Waals surface area contributed by atoms with E-state index in [0.717, 1.165) is 11.3 Å². The number of hydrogen-bond acceptors (Lipinski definition) is 8. The zero-order valence-corrected chi connectivity index (χ0v) is 19.7. The maximum atomic E-state index is 13.3. The highest BCUT2D eigenvalue weighted by molar-refractivity contribution is 7.10. The number of esters is 2. The zero-order valence-electron chi connectivity index (χ0n) is 18.9. The van der Waals surface area contributed by atoms with Crippen LogP contribution in [-0.4, -0.2) is 36.1 Å². The Balaban J connectivity index is 1.93. The number of aromatic nitrogens is 2. The van der Waals surface area contributed by atoms with Crippen molar-refractivity contribution in [3.05, 3.63) is 81.9 Å². The summed E-state index contributed by atoms with van der Waals surface area (Å²) in [5.41, 5.74) is 2.44. The van der Waals surface area contributed by atoms with Crippen LogP contribution in [0.5, 0.6) is 0 Å². The van der Waals surface area contributed by atoms with Crippen LogP contribution in [0.25, 0.3) is 11.4 Å². The summed E-state index contributed by atoms with van der Waals surface area (Å²) in [6.45, 7) is 3.77. The number of thiazole rings is 1. The summed E-state index contributed by atoms with van der Waals surface area (Å²) in [6.07, 6.45) is 1.70. The number of methoxy groups -OCH3 is 2. The number of nitrogens with zero attached hydrogens (tertiary/aromatic N) is 2. The molecule has 0 radical (unpaired) electrons. The van der Waals surface area contributed by atoms with Crippen LogP contribution in [0.4, 0.5) is 0 Å². The largest absolute Gasteiger partial charge is 0.469 e. The van der Waals surface area contributed by atoms with Gasteiger partial charge in [-0.05, 0) is 31.5 Å². The Hall–Kier alpha value is -3.52. The Labute approximate surface area is 196 Å². The summed E-state index contributed by atoms with van der Waals surface area (Å²) in [6, 6.07) is 15.3. The number of rotatable bonds is 5. The first kappa shape index (κ1) is 22.7. The Morgan fingerprint density at radius 1 is 1.03 bits per heavy atom. The second-order valence-corrected chi connectivity index (χ2v) is 8.88. The van der Waals surface area contributed by atoms with Crippen molar-refractivity contribution in [2.45, 2.75) is 25.3 Å². The second kappa shape index (κ2) is 9.15. The third-order valence-electron chi connectivity index (χ3n) is 6.07. The average Bonchev–Trinajstić information content (AvgIpc) is 3.34. The molecule has 1 aliphatic rings. The predicted octanol–water partition coefficient (Wildman–Crippen LogP) is 4.04. The summed E-state index contributed by atoms with van der Waals surface area (Å²) < 4.78 is 10.4.